The van der Waals surface area contributed by atoms with Gasteiger partial charge in [0, 0.05) is 0 Å². The van der Waals surface area contributed by atoms with Gasteiger partial charge in [0.15, 0.2) is 0 Å². The number of carbonyl (C=O) groups is 2. The largest absolute Gasteiger partial charge is 0.481 e. The summed E-state index contributed by atoms with van der Waals surface area (Å²) in [4.78, 5) is 21.9. The van der Waals surface area contributed by atoms with E-state index in [0.29, 0.717) is 0 Å². The number of primary amides is 1. The number of carbonyl (C=O) groups excluding carboxylic acids is 1. The van der Waals surface area contributed by atoms with E-state index in [1.54, 1.807) is 0 Å². The van der Waals surface area contributed by atoms with Gasteiger partial charge in [-0.15, -0.1) is 0 Å². The second kappa shape index (κ2) is 2.58. The molecule has 0 unspecified atom stereocenters. The number of hydrogen-bond acceptors (Lipinski definition) is 2. The summed E-state index contributed by atoms with van der Waals surface area (Å²) in [5.74, 6) is -2.39. The summed E-state index contributed by atoms with van der Waals surface area (Å²) in [7, 11) is 0. The van der Waals surface area contributed by atoms with Crippen LogP contribution >= 0.6 is 0 Å². The van der Waals surface area contributed by atoms with Gasteiger partial charge < -0.3 is 10.8 Å². The second-order valence-corrected chi connectivity index (χ2v) is 3.74. The Morgan fingerprint density at radius 1 is 1.23 bits per heavy atom. The van der Waals surface area contributed by atoms with Crippen LogP contribution in [-0.2, 0) is 9.59 Å². The van der Waals surface area contributed by atoms with Crippen molar-refractivity contribution in [3.05, 3.63) is 12.2 Å². The number of amides is 1. The standard InChI is InChI=1S/C9H11NO3/c10-8(11)6-4-1-2-5(3-4)7(6)9(12)13/h1-2,4-7H,3H2,(H2,10,11)(H,12,13)/t4-,5+,6-,7+/m0/s1. The molecule has 2 aliphatic carbocycles. The molecule has 0 heterocycles. The van der Waals surface area contributed by atoms with E-state index in [2.05, 4.69) is 0 Å². The van der Waals surface area contributed by atoms with Crippen molar-refractivity contribution < 1.29 is 14.7 Å². The Morgan fingerprint density at radius 3 is 2.15 bits per heavy atom. The van der Waals surface area contributed by atoms with Gasteiger partial charge in [0.05, 0.1) is 11.8 Å². The summed E-state index contributed by atoms with van der Waals surface area (Å²) in [6.07, 6.45) is 4.58. The van der Waals surface area contributed by atoms with E-state index in [1.165, 1.54) is 0 Å². The number of allylic oxidation sites excluding steroid dienone is 2. The lowest BCUT2D eigenvalue weighted by Crippen LogP contribution is -2.36. The van der Waals surface area contributed by atoms with Crippen LogP contribution in [0.1, 0.15) is 6.42 Å². The zero-order valence-electron chi connectivity index (χ0n) is 7.01. The topological polar surface area (TPSA) is 80.4 Å². The van der Waals surface area contributed by atoms with Crippen molar-refractivity contribution in [2.24, 2.45) is 29.4 Å². The first-order valence-electron chi connectivity index (χ1n) is 4.31. The van der Waals surface area contributed by atoms with Gasteiger partial charge in [-0.1, -0.05) is 12.2 Å². The monoisotopic (exact) mass is 181 g/mol. The number of fused-ring (bicyclic) bond motifs is 2. The van der Waals surface area contributed by atoms with Crippen molar-refractivity contribution in [3.8, 4) is 0 Å². The maximum absolute atomic E-state index is 11.0. The van der Waals surface area contributed by atoms with Crippen LogP contribution in [0.2, 0.25) is 0 Å². The third kappa shape index (κ3) is 1.05. The average molecular weight is 181 g/mol. The van der Waals surface area contributed by atoms with Gasteiger partial charge in [0.2, 0.25) is 5.91 Å². The van der Waals surface area contributed by atoms with E-state index >= 15 is 0 Å². The maximum Gasteiger partial charge on any atom is 0.307 e. The van der Waals surface area contributed by atoms with Crippen molar-refractivity contribution in [2.75, 3.05) is 0 Å². The number of aliphatic carboxylic acids is 1. The molecule has 2 rings (SSSR count). The fraction of sp³-hybridized carbons (Fsp3) is 0.556. The molecule has 1 amide bonds. The first kappa shape index (κ1) is 8.29. The average Bonchev–Trinajstić information content (AvgIpc) is 2.60. The highest BCUT2D eigenvalue weighted by atomic mass is 16.4. The lowest BCUT2D eigenvalue weighted by Gasteiger charge is -2.21. The highest BCUT2D eigenvalue weighted by Gasteiger charge is 2.50. The van der Waals surface area contributed by atoms with Crippen LogP contribution in [0.15, 0.2) is 12.2 Å². The molecule has 0 saturated heterocycles. The van der Waals surface area contributed by atoms with Crippen molar-refractivity contribution in [1.82, 2.24) is 0 Å². The Kier molecular flexibility index (Phi) is 1.65. The fourth-order valence-corrected chi connectivity index (χ4v) is 2.55. The van der Waals surface area contributed by atoms with Crippen LogP contribution < -0.4 is 5.73 Å². The summed E-state index contributed by atoms with van der Waals surface area (Å²) < 4.78 is 0. The molecule has 4 atom stereocenters. The first-order valence-corrected chi connectivity index (χ1v) is 4.31. The Morgan fingerprint density at radius 2 is 1.77 bits per heavy atom. The van der Waals surface area contributed by atoms with Crippen LogP contribution in [0.4, 0.5) is 0 Å². The summed E-state index contributed by atoms with van der Waals surface area (Å²) >= 11 is 0. The van der Waals surface area contributed by atoms with Gasteiger partial charge in [-0.2, -0.15) is 0 Å². The zero-order chi connectivity index (χ0) is 9.59. The molecule has 70 valence electrons. The third-order valence-electron chi connectivity index (χ3n) is 3.07. The molecule has 1 fully saturated rings. The number of carboxylic acid groups (broad SMARTS) is 1. The van der Waals surface area contributed by atoms with E-state index in [0.717, 1.165) is 6.42 Å². The highest BCUT2D eigenvalue weighted by molar-refractivity contribution is 5.85. The van der Waals surface area contributed by atoms with Gasteiger partial charge >= 0.3 is 5.97 Å². The van der Waals surface area contributed by atoms with E-state index < -0.39 is 23.7 Å². The second-order valence-electron chi connectivity index (χ2n) is 3.74. The SMILES string of the molecule is NC(=O)[C@@H]1[C@H](C(=O)O)[C@@H]2C=C[C@H]1C2. The van der Waals surface area contributed by atoms with Gasteiger partial charge in [-0.25, -0.2) is 0 Å². The molecule has 4 nitrogen and oxygen atoms in total. The zero-order valence-corrected chi connectivity index (χ0v) is 7.01. The maximum atomic E-state index is 11.0. The van der Waals surface area contributed by atoms with Gasteiger partial charge in [0.1, 0.15) is 0 Å². The molecule has 3 N–H and O–H groups in total. The smallest absolute Gasteiger partial charge is 0.307 e. The molecule has 1 saturated carbocycles. The lowest BCUT2D eigenvalue weighted by atomic mass is 9.83. The van der Waals surface area contributed by atoms with Crippen molar-refractivity contribution in [1.29, 1.82) is 0 Å². The minimum absolute atomic E-state index is 0.0139. The van der Waals surface area contributed by atoms with Crippen LogP contribution in [0, 0.1) is 23.7 Å². The molecule has 0 aromatic rings. The van der Waals surface area contributed by atoms with E-state index in [-0.39, 0.29) is 11.8 Å². The molecule has 0 radical (unpaired) electrons. The van der Waals surface area contributed by atoms with Crippen molar-refractivity contribution in [2.45, 2.75) is 6.42 Å². The Bertz CT molecular complexity index is 269. The number of nitrogens with two attached hydrogens (primary N) is 1. The molecule has 2 bridgehead atoms. The normalized spacial score (nSPS) is 40.9. The number of carboxylic acids is 1. The predicted octanol–water partition coefficient (Wildman–Crippen LogP) is -0.00540. The number of rotatable bonds is 2. The predicted molar refractivity (Wildman–Crippen MR) is 44.5 cm³/mol. The summed E-state index contributed by atoms with van der Waals surface area (Å²) in [5, 5.41) is 8.91. The third-order valence-corrected chi connectivity index (χ3v) is 3.07. The van der Waals surface area contributed by atoms with Gasteiger partial charge in [0.25, 0.3) is 0 Å². The molecule has 13 heavy (non-hydrogen) atoms. The minimum Gasteiger partial charge on any atom is -0.481 e. The van der Waals surface area contributed by atoms with E-state index in [1.807, 2.05) is 12.2 Å². The molecule has 4 heteroatoms. The summed E-state index contributed by atoms with van der Waals surface area (Å²) in [5.41, 5.74) is 5.18. The highest BCUT2D eigenvalue weighted by Crippen LogP contribution is 2.47. The van der Waals surface area contributed by atoms with Gasteiger partial charge in [-0.05, 0) is 18.3 Å². The molecule has 2 aliphatic rings. The van der Waals surface area contributed by atoms with Crippen molar-refractivity contribution in [3.63, 3.8) is 0 Å². The van der Waals surface area contributed by atoms with Crippen LogP contribution in [0.5, 0.6) is 0 Å². The Balaban J connectivity index is 2.30. The molecular formula is C9H11NO3. The molecule has 0 spiro atoms. The minimum atomic E-state index is -0.902. The molecule has 0 aromatic heterocycles. The van der Waals surface area contributed by atoms with Gasteiger partial charge in [-0.3, -0.25) is 9.59 Å². The summed E-state index contributed by atoms with van der Waals surface area (Å²) in [6.45, 7) is 0. The molecule has 0 aliphatic heterocycles. The van der Waals surface area contributed by atoms with E-state index in [4.69, 9.17) is 10.8 Å². The molecular weight excluding hydrogens is 170 g/mol. The van der Waals surface area contributed by atoms with Crippen molar-refractivity contribution >= 4 is 11.9 Å². The van der Waals surface area contributed by atoms with Crippen LogP contribution in [0.3, 0.4) is 0 Å². The Hall–Kier alpha value is -1.32. The fourth-order valence-electron chi connectivity index (χ4n) is 2.55. The Labute approximate surface area is 75.4 Å². The van der Waals surface area contributed by atoms with Crippen LogP contribution in [-0.4, -0.2) is 17.0 Å². The lowest BCUT2D eigenvalue weighted by molar-refractivity contribution is -0.147. The quantitative estimate of drug-likeness (QED) is 0.588. The van der Waals surface area contributed by atoms with E-state index in [9.17, 15) is 9.59 Å². The van der Waals surface area contributed by atoms with Crippen LogP contribution in [0.25, 0.3) is 0 Å². The number of hydrogen-bond donors (Lipinski definition) is 2. The first-order chi connectivity index (χ1) is 6.11. The summed E-state index contributed by atoms with van der Waals surface area (Å²) in [6, 6.07) is 0. The molecule has 0 aromatic carbocycles.